The third-order valence-electron chi connectivity index (χ3n) is 5.45. The Morgan fingerprint density at radius 3 is 2.67 bits per heavy atom. The van der Waals surface area contributed by atoms with Crippen molar-refractivity contribution < 1.29 is 19.7 Å². The number of phenolic OH excluding ortho intramolecular Hbond substituents is 2. The summed E-state index contributed by atoms with van der Waals surface area (Å²) in [6, 6.07) is 17.5. The molecule has 0 spiro atoms. The number of para-hydroxylation sites is 1. The molecular formula is C23H19ClN2O4. The van der Waals surface area contributed by atoms with Crippen LogP contribution in [0.5, 0.6) is 23.0 Å². The molecule has 2 heterocycles. The quantitative estimate of drug-likeness (QED) is 0.621. The predicted molar refractivity (Wildman–Crippen MR) is 113 cm³/mol. The largest absolute Gasteiger partial charge is 0.508 e. The van der Waals surface area contributed by atoms with Gasteiger partial charge in [0, 0.05) is 28.1 Å². The van der Waals surface area contributed by atoms with Crippen molar-refractivity contribution in [2.24, 2.45) is 5.10 Å². The first-order valence-electron chi connectivity index (χ1n) is 9.52. The van der Waals surface area contributed by atoms with Gasteiger partial charge >= 0.3 is 0 Å². The minimum Gasteiger partial charge on any atom is -0.508 e. The van der Waals surface area contributed by atoms with Crippen molar-refractivity contribution in [2.45, 2.75) is 18.7 Å². The van der Waals surface area contributed by atoms with Crippen molar-refractivity contribution in [3.8, 4) is 23.0 Å². The van der Waals surface area contributed by atoms with Crippen LogP contribution in [0.25, 0.3) is 0 Å². The van der Waals surface area contributed by atoms with Crippen LogP contribution in [0, 0.1) is 0 Å². The summed E-state index contributed by atoms with van der Waals surface area (Å²) in [5.74, 6) is 1.63. The van der Waals surface area contributed by atoms with Gasteiger partial charge in [0.15, 0.2) is 11.5 Å². The summed E-state index contributed by atoms with van der Waals surface area (Å²) < 4.78 is 11.9. The van der Waals surface area contributed by atoms with Gasteiger partial charge in [0.1, 0.15) is 11.5 Å². The fourth-order valence-corrected chi connectivity index (χ4v) is 4.18. The molecule has 0 saturated heterocycles. The van der Waals surface area contributed by atoms with E-state index >= 15 is 0 Å². The molecular weight excluding hydrogens is 404 g/mol. The SMILES string of the molecule is COc1cccc2c1O[C@H](c1ccc(O)cc1)N1N=C(c3cc(Cl)ccc3O)C[C@@H]21. The van der Waals surface area contributed by atoms with Crippen molar-refractivity contribution in [1.82, 2.24) is 5.01 Å². The van der Waals surface area contributed by atoms with E-state index in [-0.39, 0.29) is 17.5 Å². The maximum atomic E-state index is 10.4. The van der Waals surface area contributed by atoms with Crippen molar-refractivity contribution >= 4 is 17.3 Å². The van der Waals surface area contributed by atoms with E-state index in [9.17, 15) is 10.2 Å². The predicted octanol–water partition coefficient (Wildman–Crippen LogP) is 5.00. The lowest BCUT2D eigenvalue weighted by Crippen LogP contribution is -2.33. The highest BCUT2D eigenvalue weighted by Gasteiger charge is 2.42. The minimum absolute atomic E-state index is 0.101. The van der Waals surface area contributed by atoms with Gasteiger partial charge in [-0.05, 0) is 48.5 Å². The van der Waals surface area contributed by atoms with Crippen LogP contribution in [-0.4, -0.2) is 28.0 Å². The van der Waals surface area contributed by atoms with Crippen LogP contribution < -0.4 is 9.47 Å². The van der Waals surface area contributed by atoms with Crippen LogP contribution in [0.3, 0.4) is 0 Å². The summed E-state index contributed by atoms with van der Waals surface area (Å²) in [7, 11) is 1.61. The number of aromatic hydroxyl groups is 2. The van der Waals surface area contributed by atoms with Crippen LogP contribution in [0.4, 0.5) is 0 Å². The Bertz CT molecular complexity index is 1150. The normalized spacial score (nSPS) is 19.5. The first kappa shape index (κ1) is 18.6. The molecule has 30 heavy (non-hydrogen) atoms. The molecule has 3 aromatic rings. The van der Waals surface area contributed by atoms with E-state index in [0.29, 0.717) is 28.5 Å². The number of ether oxygens (including phenoxy) is 2. The van der Waals surface area contributed by atoms with E-state index in [4.69, 9.17) is 26.2 Å². The lowest BCUT2D eigenvalue weighted by Gasteiger charge is -2.38. The molecule has 7 heteroatoms. The second-order valence-electron chi connectivity index (χ2n) is 7.25. The standard InChI is InChI=1S/C23H19ClN2O4/c1-29-21-4-2-3-16-19-12-18(17-11-14(24)7-10-20(17)28)25-26(19)23(30-22(16)21)13-5-8-15(27)9-6-13/h2-11,19,23,27-28H,12H2,1H3/t19-,23+/m0/s1. The third-order valence-corrected chi connectivity index (χ3v) is 5.68. The smallest absolute Gasteiger partial charge is 0.214 e. The molecule has 0 bridgehead atoms. The number of hydrazone groups is 1. The average Bonchev–Trinajstić information content (AvgIpc) is 3.20. The first-order valence-corrected chi connectivity index (χ1v) is 9.90. The molecule has 0 amide bonds. The molecule has 3 aromatic carbocycles. The Hall–Kier alpha value is -3.38. The molecule has 2 aliphatic rings. The molecule has 152 valence electrons. The Balaban J connectivity index is 1.64. The minimum atomic E-state index is -0.516. The fraction of sp³-hybridized carbons (Fsp3) is 0.174. The Kier molecular flexibility index (Phi) is 4.44. The summed E-state index contributed by atoms with van der Waals surface area (Å²) in [6.45, 7) is 0. The number of fused-ring (bicyclic) bond motifs is 3. The van der Waals surface area contributed by atoms with Gasteiger partial charge in [-0.15, -0.1) is 0 Å². The number of phenols is 2. The topological polar surface area (TPSA) is 74.5 Å². The van der Waals surface area contributed by atoms with Crippen LogP contribution >= 0.6 is 11.6 Å². The maximum absolute atomic E-state index is 10.4. The second kappa shape index (κ2) is 7.15. The Labute approximate surface area is 178 Å². The molecule has 0 aliphatic carbocycles. The zero-order valence-corrected chi connectivity index (χ0v) is 16.9. The zero-order chi connectivity index (χ0) is 20.8. The van der Waals surface area contributed by atoms with E-state index in [1.54, 1.807) is 37.4 Å². The van der Waals surface area contributed by atoms with Gasteiger partial charge < -0.3 is 19.7 Å². The van der Waals surface area contributed by atoms with Crippen molar-refractivity contribution in [2.75, 3.05) is 7.11 Å². The molecule has 2 N–H and O–H groups in total. The first-order chi connectivity index (χ1) is 14.5. The van der Waals surface area contributed by atoms with Gasteiger partial charge in [-0.2, -0.15) is 5.10 Å². The van der Waals surface area contributed by atoms with Crippen LogP contribution in [0.2, 0.25) is 5.02 Å². The zero-order valence-electron chi connectivity index (χ0n) is 16.1. The van der Waals surface area contributed by atoms with E-state index in [2.05, 4.69) is 0 Å². The van der Waals surface area contributed by atoms with E-state index < -0.39 is 6.23 Å². The molecule has 2 atom stereocenters. The van der Waals surface area contributed by atoms with Crippen LogP contribution in [0.15, 0.2) is 65.8 Å². The van der Waals surface area contributed by atoms with Gasteiger partial charge in [0.05, 0.1) is 18.9 Å². The summed E-state index contributed by atoms with van der Waals surface area (Å²) in [4.78, 5) is 0. The summed E-state index contributed by atoms with van der Waals surface area (Å²) in [5.41, 5.74) is 3.13. The van der Waals surface area contributed by atoms with Crippen LogP contribution in [-0.2, 0) is 0 Å². The van der Waals surface area contributed by atoms with E-state index in [1.165, 1.54) is 0 Å². The monoisotopic (exact) mass is 422 g/mol. The number of nitrogens with zero attached hydrogens (tertiary/aromatic N) is 2. The number of halogens is 1. The number of hydrogen-bond donors (Lipinski definition) is 2. The second-order valence-corrected chi connectivity index (χ2v) is 7.68. The van der Waals surface area contributed by atoms with E-state index in [1.807, 2.05) is 35.3 Å². The molecule has 5 rings (SSSR count). The third kappa shape index (κ3) is 3.00. The summed E-state index contributed by atoms with van der Waals surface area (Å²) in [5, 5.41) is 27.3. The number of methoxy groups -OCH3 is 1. The Morgan fingerprint density at radius 2 is 1.90 bits per heavy atom. The van der Waals surface area contributed by atoms with E-state index in [0.717, 1.165) is 16.8 Å². The molecule has 0 saturated carbocycles. The summed E-state index contributed by atoms with van der Waals surface area (Å²) >= 11 is 6.16. The number of rotatable bonds is 3. The molecule has 0 radical (unpaired) electrons. The van der Waals surface area contributed by atoms with Crippen LogP contribution in [0.1, 0.15) is 35.4 Å². The van der Waals surface area contributed by atoms with Crippen molar-refractivity contribution in [3.63, 3.8) is 0 Å². The van der Waals surface area contributed by atoms with Crippen molar-refractivity contribution in [1.29, 1.82) is 0 Å². The van der Waals surface area contributed by atoms with Gasteiger partial charge in [0.25, 0.3) is 0 Å². The summed E-state index contributed by atoms with van der Waals surface area (Å²) in [6.07, 6.45) is 0.0599. The molecule has 0 aromatic heterocycles. The lowest BCUT2D eigenvalue weighted by molar-refractivity contribution is -0.0209. The van der Waals surface area contributed by atoms with Gasteiger partial charge in [0.2, 0.25) is 6.23 Å². The van der Waals surface area contributed by atoms with Gasteiger partial charge in [-0.1, -0.05) is 23.7 Å². The number of hydrogen-bond acceptors (Lipinski definition) is 6. The molecule has 0 fully saturated rings. The highest BCUT2D eigenvalue weighted by Crippen LogP contribution is 2.51. The highest BCUT2D eigenvalue weighted by atomic mass is 35.5. The van der Waals surface area contributed by atoms with Gasteiger partial charge in [-0.3, -0.25) is 0 Å². The molecule has 6 nitrogen and oxygen atoms in total. The van der Waals surface area contributed by atoms with Gasteiger partial charge in [-0.25, -0.2) is 5.01 Å². The average molecular weight is 423 g/mol. The number of benzene rings is 3. The fourth-order valence-electron chi connectivity index (χ4n) is 4.01. The maximum Gasteiger partial charge on any atom is 0.214 e. The molecule has 0 unspecified atom stereocenters. The van der Waals surface area contributed by atoms with Crippen molar-refractivity contribution in [3.05, 3.63) is 82.4 Å². The Morgan fingerprint density at radius 1 is 1.10 bits per heavy atom. The molecule has 2 aliphatic heterocycles. The lowest BCUT2D eigenvalue weighted by atomic mass is 9.95. The highest BCUT2D eigenvalue weighted by molar-refractivity contribution is 6.31.